The van der Waals surface area contributed by atoms with E-state index < -0.39 is 9.84 Å². The van der Waals surface area contributed by atoms with Crippen LogP contribution in [-0.2, 0) is 9.84 Å². The topological polar surface area (TPSA) is 49.4 Å². The van der Waals surface area contributed by atoms with Crippen LogP contribution in [0.15, 0.2) is 24.3 Å². The summed E-state index contributed by atoms with van der Waals surface area (Å²) in [6.45, 7) is 0. The maximum Gasteiger partial charge on any atom is 0.174 e. The molecule has 0 aromatic heterocycles. The Bertz CT molecular complexity index is 617. The van der Waals surface area contributed by atoms with Crippen LogP contribution >= 0.6 is 12.2 Å². The lowest BCUT2D eigenvalue weighted by Crippen LogP contribution is -2.36. The first-order valence-electron chi connectivity index (χ1n) is 5.52. The number of fused-ring (bicyclic) bond motifs is 1. The van der Waals surface area contributed by atoms with Crippen LogP contribution in [0.1, 0.15) is 0 Å². The van der Waals surface area contributed by atoms with Gasteiger partial charge in [-0.05, 0) is 30.4 Å². The van der Waals surface area contributed by atoms with Crippen molar-refractivity contribution in [3.8, 4) is 0 Å². The number of halogens is 1. The first-order valence-corrected chi connectivity index (χ1v) is 7.75. The highest BCUT2D eigenvalue weighted by Gasteiger charge is 2.47. The van der Waals surface area contributed by atoms with Crippen molar-refractivity contribution in [3.63, 3.8) is 0 Å². The first-order chi connectivity index (χ1) is 8.46. The van der Waals surface area contributed by atoms with E-state index in [2.05, 4.69) is 5.32 Å². The Morgan fingerprint density at radius 2 is 2.17 bits per heavy atom. The summed E-state index contributed by atoms with van der Waals surface area (Å²) in [7, 11) is -3.04. The minimum absolute atomic E-state index is 0.0569. The van der Waals surface area contributed by atoms with Crippen molar-refractivity contribution in [2.45, 2.75) is 12.1 Å². The summed E-state index contributed by atoms with van der Waals surface area (Å²) in [4.78, 5) is 1.70. The molecule has 2 atom stereocenters. The van der Waals surface area contributed by atoms with Gasteiger partial charge in [-0.3, -0.25) is 0 Å². The van der Waals surface area contributed by atoms with E-state index in [4.69, 9.17) is 12.2 Å². The van der Waals surface area contributed by atoms with E-state index in [0.717, 1.165) is 0 Å². The largest absolute Gasteiger partial charge is 0.356 e. The fourth-order valence-electron chi connectivity index (χ4n) is 2.53. The van der Waals surface area contributed by atoms with E-state index in [-0.39, 0.29) is 29.4 Å². The number of hydrogen-bond donors (Lipinski definition) is 1. The molecule has 18 heavy (non-hydrogen) atoms. The highest BCUT2D eigenvalue weighted by molar-refractivity contribution is 7.91. The van der Waals surface area contributed by atoms with Crippen molar-refractivity contribution in [2.24, 2.45) is 0 Å². The highest BCUT2D eigenvalue weighted by atomic mass is 32.2. The maximum atomic E-state index is 13.2. The van der Waals surface area contributed by atoms with E-state index in [1.54, 1.807) is 17.0 Å². The fourth-order valence-corrected chi connectivity index (χ4v) is 4.82. The van der Waals surface area contributed by atoms with Gasteiger partial charge in [0.2, 0.25) is 0 Å². The van der Waals surface area contributed by atoms with Crippen molar-refractivity contribution in [1.82, 2.24) is 5.32 Å². The standard InChI is InChI=1S/C11H11FN2O2S2/c12-7-2-1-3-8(4-7)14-10-6-18(15,16)5-9(10)13-11(14)17/h1-4,9-10H,5-6H2,(H,13,17)/t9-,10+/m0/s1. The second-order valence-corrected chi connectivity index (χ2v) is 7.09. The van der Waals surface area contributed by atoms with Gasteiger partial charge in [-0.1, -0.05) is 6.07 Å². The van der Waals surface area contributed by atoms with Crippen LogP contribution in [0.4, 0.5) is 10.1 Å². The van der Waals surface area contributed by atoms with Gasteiger partial charge in [0, 0.05) is 5.69 Å². The zero-order valence-electron chi connectivity index (χ0n) is 9.34. The number of hydrogen-bond acceptors (Lipinski definition) is 3. The summed E-state index contributed by atoms with van der Waals surface area (Å²) in [5, 5.41) is 3.46. The maximum absolute atomic E-state index is 13.2. The molecule has 2 saturated heterocycles. The van der Waals surface area contributed by atoms with E-state index in [1.165, 1.54) is 12.1 Å². The van der Waals surface area contributed by atoms with Gasteiger partial charge < -0.3 is 10.2 Å². The van der Waals surface area contributed by atoms with Gasteiger partial charge in [-0.2, -0.15) is 0 Å². The minimum Gasteiger partial charge on any atom is -0.356 e. The number of sulfone groups is 1. The summed E-state index contributed by atoms with van der Waals surface area (Å²) >= 11 is 5.19. The molecule has 0 aliphatic carbocycles. The zero-order chi connectivity index (χ0) is 12.9. The van der Waals surface area contributed by atoms with Crippen LogP contribution in [0.3, 0.4) is 0 Å². The number of nitrogens with one attached hydrogen (secondary N) is 1. The molecular formula is C11H11FN2O2S2. The Hall–Kier alpha value is -1.21. The van der Waals surface area contributed by atoms with Crippen molar-refractivity contribution < 1.29 is 12.8 Å². The van der Waals surface area contributed by atoms with Crippen molar-refractivity contribution in [2.75, 3.05) is 16.4 Å². The Kier molecular flexibility index (Phi) is 2.56. The van der Waals surface area contributed by atoms with E-state index in [9.17, 15) is 12.8 Å². The number of thiocarbonyl (C=S) groups is 1. The first kappa shape index (κ1) is 11.9. The molecule has 0 radical (unpaired) electrons. The van der Waals surface area contributed by atoms with Crippen molar-refractivity contribution in [3.05, 3.63) is 30.1 Å². The molecule has 4 nitrogen and oxygen atoms in total. The summed E-state index contributed by atoms with van der Waals surface area (Å²) in [6.07, 6.45) is 0. The summed E-state index contributed by atoms with van der Waals surface area (Å²) in [5.74, 6) is -0.218. The van der Waals surface area contributed by atoms with Gasteiger partial charge in [-0.15, -0.1) is 0 Å². The van der Waals surface area contributed by atoms with E-state index in [1.807, 2.05) is 0 Å². The molecule has 2 aliphatic rings. The number of rotatable bonds is 1. The molecule has 96 valence electrons. The lowest BCUT2D eigenvalue weighted by molar-refractivity contribution is 0.600. The third-order valence-electron chi connectivity index (χ3n) is 3.27. The quantitative estimate of drug-likeness (QED) is 0.770. The smallest absolute Gasteiger partial charge is 0.174 e. The van der Waals surface area contributed by atoms with Gasteiger partial charge in [0.25, 0.3) is 0 Å². The predicted molar refractivity (Wildman–Crippen MR) is 70.8 cm³/mol. The van der Waals surface area contributed by atoms with Gasteiger partial charge in [0.15, 0.2) is 14.9 Å². The van der Waals surface area contributed by atoms with Crippen LogP contribution in [0, 0.1) is 5.82 Å². The Balaban J connectivity index is 1.99. The summed E-state index contributed by atoms with van der Waals surface area (Å²) in [5.41, 5.74) is 0.595. The van der Waals surface area contributed by atoms with Gasteiger partial charge in [0.05, 0.1) is 23.6 Å². The van der Waals surface area contributed by atoms with Crippen molar-refractivity contribution >= 4 is 32.9 Å². The number of benzene rings is 1. The van der Waals surface area contributed by atoms with Gasteiger partial charge >= 0.3 is 0 Å². The molecule has 3 rings (SSSR count). The van der Waals surface area contributed by atoms with Crippen LogP contribution in [0.25, 0.3) is 0 Å². The SMILES string of the molecule is O=S1(=O)C[C@@H]2NC(=S)N(c3cccc(F)c3)[C@@H]2C1. The molecule has 0 amide bonds. The molecule has 7 heteroatoms. The average molecular weight is 286 g/mol. The van der Waals surface area contributed by atoms with E-state index >= 15 is 0 Å². The molecule has 0 bridgehead atoms. The summed E-state index contributed by atoms with van der Waals surface area (Å²) in [6, 6.07) is 5.60. The summed E-state index contributed by atoms with van der Waals surface area (Å²) < 4.78 is 36.5. The molecule has 2 heterocycles. The lowest BCUT2D eigenvalue weighted by Gasteiger charge is -2.23. The Morgan fingerprint density at radius 3 is 2.89 bits per heavy atom. The highest BCUT2D eigenvalue weighted by Crippen LogP contribution is 2.29. The number of nitrogens with zero attached hydrogens (tertiary/aromatic N) is 1. The normalized spacial score (nSPS) is 29.2. The molecule has 2 aliphatic heterocycles. The molecule has 0 saturated carbocycles. The van der Waals surface area contributed by atoms with Gasteiger partial charge in [-0.25, -0.2) is 12.8 Å². The lowest BCUT2D eigenvalue weighted by atomic mass is 10.1. The predicted octanol–water partition coefficient (Wildman–Crippen LogP) is 0.686. The van der Waals surface area contributed by atoms with E-state index in [0.29, 0.717) is 10.8 Å². The molecule has 2 fully saturated rings. The van der Waals surface area contributed by atoms with Crippen LogP contribution in [0.2, 0.25) is 0 Å². The molecule has 1 aromatic rings. The second-order valence-electron chi connectivity index (χ2n) is 4.55. The molecule has 1 aromatic carbocycles. The second kappa shape index (κ2) is 3.89. The number of anilines is 1. The molecule has 1 N–H and O–H groups in total. The molecule has 0 unspecified atom stereocenters. The third kappa shape index (κ3) is 1.87. The minimum atomic E-state index is -3.04. The molecular weight excluding hydrogens is 275 g/mol. The van der Waals surface area contributed by atoms with Crippen LogP contribution in [-0.4, -0.2) is 37.1 Å². The third-order valence-corrected chi connectivity index (χ3v) is 5.30. The average Bonchev–Trinajstić information content (AvgIpc) is 2.68. The van der Waals surface area contributed by atoms with Crippen LogP contribution in [0.5, 0.6) is 0 Å². The Labute approximate surface area is 110 Å². The van der Waals surface area contributed by atoms with Crippen molar-refractivity contribution in [1.29, 1.82) is 0 Å². The Morgan fingerprint density at radius 1 is 1.39 bits per heavy atom. The van der Waals surface area contributed by atoms with Crippen LogP contribution < -0.4 is 10.2 Å². The van der Waals surface area contributed by atoms with Gasteiger partial charge in [0.1, 0.15) is 5.82 Å². The zero-order valence-corrected chi connectivity index (χ0v) is 11.0. The monoisotopic (exact) mass is 286 g/mol. The fraction of sp³-hybridized carbons (Fsp3) is 0.364. The molecule has 0 spiro atoms.